The van der Waals surface area contributed by atoms with Crippen LogP contribution in [0.2, 0.25) is 0 Å². The van der Waals surface area contributed by atoms with Crippen molar-refractivity contribution in [3.05, 3.63) is 0 Å². The van der Waals surface area contributed by atoms with Crippen LogP contribution in [-0.2, 0) is 9.59 Å². The molecule has 1 aliphatic heterocycles. The zero-order chi connectivity index (χ0) is 13.3. The Hall–Kier alpha value is -0.860. The third-order valence-electron chi connectivity index (χ3n) is 5.14. The summed E-state index contributed by atoms with van der Waals surface area (Å²) >= 11 is 0. The maximum Gasteiger partial charge on any atom is 0.230 e. The van der Waals surface area contributed by atoms with Gasteiger partial charge in [0.15, 0.2) is 0 Å². The van der Waals surface area contributed by atoms with E-state index in [1.807, 2.05) is 0 Å². The normalized spacial score (nSPS) is 40.9. The second-order valence-electron chi connectivity index (χ2n) is 6.45. The molecule has 1 aliphatic carbocycles. The molecule has 1 heterocycles. The molecule has 0 aromatic carbocycles. The van der Waals surface area contributed by atoms with Gasteiger partial charge in [0.1, 0.15) is 0 Å². The van der Waals surface area contributed by atoms with Gasteiger partial charge in [0.2, 0.25) is 11.8 Å². The molecule has 0 bridgehead atoms. The molecular weight excluding hydrogens is 226 g/mol. The number of rotatable bonds is 2. The molecule has 18 heavy (non-hydrogen) atoms. The molecule has 2 aliphatic rings. The van der Waals surface area contributed by atoms with Crippen molar-refractivity contribution in [1.29, 1.82) is 0 Å². The van der Waals surface area contributed by atoms with Gasteiger partial charge in [-0.1, -0.05) is 33.6 Å². The minimum absolute atomic E-state index is 0.0194. The molecule has 0 aromatic heterocycles. The quantitative estimate of drug-likeness (QED) is 0.767. The molecule has 1 saturated carbocycles. The SMILES string of the molecule is CCCC1C(=O)NC(=O)CC12CC(C)CCC2C. The van der Waals surface area contributed by atoms with E-state index in [4.69, 9.17) is 0 Å². The van der Waals surface area contributed by atoms with Crippen LogP contribution in [-0.4, -0.2) is 11.8 Å². The molecule has 2 amide bonds. The molecule has 102 valence electrons. The minimum Gasteiger partial charge on any atom is -0.296 e. The van der Waals surface area contributed by atoms with Crippen molar-refractivity contribution >= 4 is 11.8 Å². The number of piperidine rings is 1. The predicted molar refractivity (Wildman–Crippen MR) is 70.8 cm³/mol. The first-order valence-corrected chi connectivity index (χ1v) is 7.33. The Kier molecular flexibility index (Phi) is 3.79. The van der Waals surface area contributed by atoms with Gasteiger partial charge >= 0.3 is 0 Å². The van der Waals surface area contributed by atoms with Crippen LogP contribution in [0.4, 0.5) is 0 Å². The summed E-state index contributed by atoms with van der Waals surface area (Å²) in [6, 6.07) is 0. The third kappa shape index (κ3) is 2.19. The Morgan fingerprint density at radius 3 is 2.67 bits per heavy atom. The van der Waals surface area contributed by atoms with Crippen LogP contribution in [0.5, 0.6) is 0 Å². The first-order valence-electron chi connectivity index (χ1n) is 7.33. The van der Waals surface area contributed by atoms with Gasteiger partial charge in [-0.25, -0.2) is 0 Å². The first-order chi connectivity index (χ1) is 8.49. The van der Waals surface area contributed by atoms with E-state index in [0.29, 0.717) is 18.3 Å². The molecule has 4 atom stereocenters. The van der Waals surface area contributed by atoms with Gasteiger partial charge < -0.3 is 0 Å². The maximum absolute atomic E-state index is 12.2. The number of nitrogens with one attached hydrogen (secondary N) is 1. The fourth-order valence-corrected chi connectivity index (χ4v) is 4.17. The highest BCUT2D eigenvalue weighted by Crippen LogP contribution is 2.53. The van der Waals surface area contributed by atoms with E-state index in [-0.39, 0.29) is 23.1 Å². The van der Waals surface area contributed by atoms with Crippen molar-refractivity contribution in [2.75, 3.05) is 0 Å². The average molecular weight is 251 g/mol. The molecule has 1 spiro atoms. The summed E-state index contributed by atoms with van der Waals surface area (Å²) in [5.74, 6) is 1.08. The molecule has 0 aromatic rings. The monoisotopic (exact) mass is 251 g/mol. The fraction of sp³-hybridized carbons (Fsp3) is 0.867. The molecule has 3 nitrogen and oxygen atoms in total. The van der Waals surface area contributed by atoms with Gasteiger partial charge in [0, 0.05) is 12.3 Å². The van der Waals surface area contributed by atoms with Crippen LogP contribution in [0, 0.1) is 23.2 Å². The average Bonchev–Trinajstić information content (AvgIpc) is 2.29. The summed E-state index contributed by atoms with van der Waals surface area (Å²) in [6.07, 6.45) is 5.90. The number of carbonyl (C=O) groups is 2. The Bertz CT molecular complexity index is 352. The molecule has 1 N–H and O–H groups in total. The van der Waals surface area contributed by atoms with Crippen LogP contribution in [0.3, 0.4) is 0 Å². The van der Waals surface area contributed by atoms with Crippen LogP contribution < -0.4 is 5.32 Å². The van der Waals surface area contributed by atoms with Crippen LogP contribution in [0.1, 0.15) is 59.3 Å². The van der Waals surface area contributed by atoms with Crippen LogP contribution in [0.15, 0.2) is 0 Å². The van der Waals surface area contributed by atoms with Crippen molar-refractivity contribution < 1.29 is 9.59 Å². The third-order valence-corrected chi connectivity index (χ3v) is 5.14. The highest BCUT2D eigenvalue weighted by atomic mass is 16.2. The molecular formula is C15H25NO2. The van der Waals surface area contributed by atoms with E-state index in [1.54, 1.807) is 0 Å². The Labute approximate surface area is 110 Å². The number of carbonyl (C=O) groups excluding carboxylic acids is 2. The van der Waals surface area contributed by atoms with Crippen molar-refractivity contribution in [2.24, 2.45) is 23.2 Å². The first kappa shape index (κ1) is 13.6. The minimum atomic E-state index is -0.0624. The Morgan fingerprint density at radius 1 is 1.28 bits per heavy atom. The molecule has 3 heteroatoms. The largest absolute Gasteiger partial charge is 0.296 e. The van der Waals surface area contributed by atoms with E-state index in [9.17, 15) is 9.59 Å². The summed E-state index contributed by atoms with van der Waals surface area (Å²) in [5.41, 5.74) is -0.0624. The topological polar surface area (TPSA) is 46.2 Å². The smallest absolute Gasteiger partial charge is 0.230 e. The van der Waals surface area contributed by atoms with Gasteiger partial charge in [0.05, 0.1) is 0 Å². The van der Waals surface area contributed by atoms with Crippen molar-refractivity contribution in [3.8, 4) is 0 Å². The maximum atomic E-state index is 12.2. The lowest BCUT2D eigenvalue weighted by Crippen LogP contribution is -2.56. The second-order valence-corrected chi connectivity index (χ2v) is 6.45. The summed E-state index contributed by atoms with van der Waals surface area (Å²) in [6.45, 7) is 6.61. The summed E-state index contributed by atoms with van der Waals surface area (Å²) in [7, 11) is 0. The number of imide groups is 1. The van der Waals surface area contributed by atoms with Gasteiger partial charge in [-0.05, 0) is 36.5 Å². The highest BCUT2D eigenvalue weighted by molar-refractivity contribution is 5.99. The zero-order valence-corrected chi connectivity index (χ0v) is 11.8. The lowest BCUT2D eigenvalue weighted by Gasteiger charge is -2.51. The lowest BCUT2D eigenvalue weighted by atomic mass is 9.54. The standard InChI is InChI=1S/C15H25NO2/c1-4-5-12-14(18)16-13(17)9-15(12)8-10(2)6-7-11(15)3/h10-12H,4-9H2,1-3H3,(H,16,17,18). The number of hydrogen-bond acceptors (Lipinski definition) is 2. The van der Waals surface area contributed by atoms with E-state index in [1.165, 1.54) is 6.42 Å². The Morgan fingerprint density at radius 2 is 2.00 bits per heavy atom. The summed E-state index contributed by atoms with van der Waals surface area (Å²) < 4.78 is 0. The van der Waals surface area contributed by atoms with E-state index >= 15 is 0 Å². The second kappa shape index (κ2) is 5.02. The van der Waals surface area contributed by atoms with Gasteiger partial charge in [-0.3, -0.25) is 14.9 Å². The molecule has 4 unspecified atom stereocenters. The molecule has 2 rings (SSSR count). The van der Waals surface area contributed by atoms with E-state index in [0.717, 1.165) is 25.7 Å². The van der Waals surface area contributed by atoms with Crippen molar-refractivity contribution in [2.45, 2.75) is 59.3 Å². The summed E-state index contributed by atoms with van der Waals surface area (Å²) in [4.78, 5) is 24.0. The summed E-state index contributed by atoms with van der Waals surface area (Å²) in [5, 5.41) is 2.54. The van der Waals surface area contributed by atoms with Crippen molar-refractivity contribution in [1.82, 2.24) is 5.32 Å². The van der Waals surface area contributed by atoms with E-state index < -0.39 is 0 Å². The number of hydrogen-bond donors (Lipinski definition) is 1. The van der Waals surface area contributed by atoms with E-state index in [2.05, 4.69) is 26.1 Å². The zero-order valence-electron chi connectivity index (χ0n) is 11.8. The molecule has 1 saturated heterocycles. The van der Waals surface area contributed by atoms with Gasteiger partial charge in [-0.2, -0.15) is 0 Å². The number of amides is 2. The molecule has 0 radical (unpaired) electrons. The van der Waals surface area contributed by atoms with Crippen molar-refractivity contribution in [3.63, 3.8) is 0 Å². The fourth-order valence-electron chi connectivity index (χ4n) is 4.17. The highest BCUT2D eigenvalue weighted by Gasteiger charge is 2.52. The lowest BCUT2D eigenvalue weighted by molar-refractivity contribution is -0.150. The molecule has 2 fully saturated rings. The van der Waals surface area contributed by atoms with Crippen LogP contribution in [0.25, 0.3) is 0 Å². The van der Waals surface area contributed by atoms with Crippen LogP contribution >= 0.6 is 0 Å². The Balaban J connectivity index is 2.33. The predicted octanol–water partition coefficient (Wildman–Crippen LogP) is 2.89. The van der Waals surface area contributed by atoms with Gasteiger partial charge in [-0.15, -0.1) is 0 Å². The van der Waals surface area contributed by atoms with Gasteiger partial charge in [0.25, 0.3) is 0 Å².